The summed E-state index contributed by atoms with van der Waals surface area (Å²) in [5.41, 5.74) is 0. The summed E-state index contributed by atoms with van der Waals surface area (Å²) in [7, 11) is -3.57. The molecule has 0 rings (SSSR count). The van der Waals surface area contributed by atoms with Crippen molar-refractivity contribution in [3.8, 4) is 12.1 Å². The molecule has 0 saturated heterocycles. The highest BCUT2D eigenvalue weighted by Gasteiger charge is 2.23. The Morgan fingerprint density at radius 3 is 2.30 bits per heavy atom. The first-order valence-electron chi connectivity index (χ1n) is 7.33. The van der Waals surface area contributed by atoms with Crippen LogP contribution in [0.1, 0.15) is 64.7 Å². The predicted molar refractivity (Wildman–Crippen MR) is 79.2 cm³/mol. The fourth-order valence-corrected chi connectivity index (χ4v) is 3.13. The van der Waals surface area contributed by atoms with Gasteiger partial charge in [0.25, 0.3) is 0 Å². The first-order valence-corrected chi connectivity index (χ1v) is 8.88. The molecule has 0 radical (unpaired) electrons. The van der Waals surface area contributed by atoms with Gasteiger partial charge in [-0.3, -0.25) is 0 Å². The van der Waals surface area contributed by atoms with Crippen LogP contribution in [0, 0.1) is 22.7 Å². The lowest BCUT2D eigenvalue weighted by Gasteiger charge is -2.11. The normalized spacial score (nSPS) is 12.6. The Bertz CT molecular complexity index is 421. The lowest BCUT2D eigenvalue weighted by Crippen LogP contribution is -2.34. The van der Waals surface area contributed by atoms with E-state index in [2.05, 4.69) is 11.6 Å². The third-order valence-electron chi connectivity index (χ3n) is 3.11. The first kappa shape index (κ1) is 18.9. The molecule has 0 heterocycles. The zero-order valence-electron chi connectivity index (χ0n) is 12.3. The van der Waals surface area contributed by atoms with Crippen LogP contribution in [0.25, 0.3) is 0 Å². The second-order valence-electron chi connectivity index (χ2n) is 4.88. The second-order valence-corrected chi connectivity index (χ2v) is 6.82. The van der Waals surface area contributed by atoms with Gasteiger partial charge < -0.3 is 0 Å². The average molecular weight is 299 g/mol. The number of hydrogen-bond donors (Lipinski definition) is 1. The molecule has 5 nitrogen and oxygen atoms in total. The molecule has 1 unspecified atom stereocenters. The highest BCUT2D eigenvalue weighted by Crippen LogP contribution is 2.12. The number of sulfonamides is 1. The van der Waals surface area contributed by atoms with E-state index >= 15 is 0 Å². The number of rotatable bonds is 12. The number of nitriles is 2. The molecule has 1 atom stereocenters. The molecule has 0 aliphatic heterocycles. The van der Waals surface area contributed by atoms with Crippen LogP contribution in [0.4, 0.5) is 0 Å². The Morgan fingerprint density at radius 2 is 1.70 bits per heavy atom. The summed E-state index contributed by atoms with van der Waals surface area (Å²) in [6.45, 7) is 2.38. The highest BCUT2D eigenvalue weighted by atomic mass is 32.2. The van der Waals surface area contributed by atoms with Crippen molar-refractivity contribution in [3.05, 3.63) is 0 Å². The van der Waals surface area contributed by atoms with E-state index in [1.165, 1.54) is 19.3 Å². The molecule has 0 bridgehead atoms. The Balaban J connectivity index is 3.99. The van der Waals surface area contributed by atoms with Crippen molar-refractivity contribution in [1.29, 1.82) is 10.5 Å². The van der Waals surface area contributed by atoms with Gasteiger partial charge in [-0.15, -0.1) is 0 Å². The van der Waals surface area contributed by atoms with Crippen molar-refractivity contribution in [1.82, 2.24) is 4.72 Å². The van der Waals surface area contributed by atoms with Gasteiger partial charge in [0.05, 0.1) is 12.1 Å². The molecule has 114 valence electrons. The van der Waals surface area contributed by atoms with E-state index in [4.69, 9.17) is 10.5 Å². The summed E-state index contributed by atoms with van der Waals surface area (Å²) in [4.78, 5) is 0. The van der Waals surface area contributed by atoms with E-state index in [0.29, 0.717) is 19.3 Å². The Kier molecular flexibility index (Phi) is 11.0. The van der Waals surface area contributed by atoms with Gasteiger partial charge in [0.2, 0.25) is 10.0 Å². The Morgan fingerprint density at radius 1 is 1.05 bits per heavy atom. The molecule has 20 heavy (non-hydrogen) atoms. The molecule has 0 aromatic carbocycles. The minimum atomic E-state index is -3.57. The van der Waals surface area contributed by atoms with Crippen LogP contribution in [0.2, 0.25) is 0 Å². The third-order valence-corrected chi connectivity index (χ3v) is 4.80. The molecule has 1 N–H and O–H groups in total. The number of nitrogens with zero attached hydrogens (tertiary/aromatic N) is 2. The van der Waals surface area contributed by atoms with Crippen LogP contribution in [0.3, 0.4) is 0 Å². The lowest BCUT2D eigenvalue weighted by molar-refractivity contribution is 0.554. The van der Waals surface area contributed by atoms with Crippen molar-refractivity contribution in [3.63, 3.8) is 0 Å². The second kappa shape index (κ2) is 11.7. The van der Waals surface area contributed by atoms with E-state index in [-0.39, 0.29) is 6.54 Å². The van der Waals surface area contributed by atoms with Crippen molar-refractivity contribution in [2.45, 2.75) is 70.0 Å². The molecule has 0 spiro atoms. The molecule has 0 amide bonds. The fraction of sp³-hybridized carbons (Fsp3) is 0.857. The van der Waals surface area contributed by atoms with Gasteiger partial charge in [-0.05, 0) is 12.8 Å². The SMILES string of the molecule is CCCCCCCCC(C#N)S(=O)(=O)NCCCC#N. The average Bonchev–Trinajstić information content (AvgIpc) is 2.42. The summed E-state index contributed by atoms with van der Waals surface area (Å²) in [5, 5.41) is 16.4. The van der Waals surface area contributed by atoms with Crippen LogP contribution in [-0.2, 0) is 10.0 Å². The van der Waals surface area contributed by atoms with Crippen LogP contribution < -0.4 is 4.72 Å². The summed E-state index contributed by atoms with van der Waals surface area (Å²) < 4.78 is 26.2. The van der Waals surface area contributed by atoms with E-state index in [9.17, 15) is 8.42 Å². The number of hydrogen-bond acceptors (Lipinski definition) is 4. The maximum Gasteiger partial charge on any atom is 0.227 e. The maximum absolute atomic E-state index is 11.9. The van der Waals surface area contributed by atoms with Gasteiger partial charge in [0.15, 0.2) is 5.25 Å². The molecular formula is C14H25N3O2S. The number of nitrogens with one attached hydrogen (secondary N) is 1. The van der Waals surface area contributed by atoms with Gasteiger partial charge in [0.1, 0.15) is 0 Å². The summed E-state index contributed by atoms with van der Waals surface area (Å²) in [6.07, 6.45) is 7.58. The standard InChI is InChI=1S/C14H25N3O2S/c1-2-3-4-5-6-7-10-14(13-16)20(18,19)17-12-9-8-11-15/h14,17H,2-10,12H2,1H3. The lowest BCUT2D eigenvalue weighted by atomic mass is 10.1. The topological polar surface area (TPSA) is 93.8 Å². The van der Waals surface area contributed by atoms with Crippen LogP contribution in [0.5, 0.6) is 0 Å². The predicted octanol–water partition coefficient (Wildman–Crippen LogP) is 2.85. The maximum atomic E-state index is 11.9. The van der Waals surface area contributed by atoms with Gasteiger partial charge in [0, 0.05) is 13.0 Å². The van der Waals surface area contributed by atoms with E-state index in [0.717, 1.165) is 19.3 Å². The van der Waals surface area contributed by atoms with Crippen molar-refractivity contribution in [2.75, 3.05) is 6.54 Å². The fourth-order valence-electron chi connectivity index (χ4n) is 1.88. The summed E-state index contributed by atoms with van der Waals surface area (Å²) in [6, 6.07) is 3.83. The van der Waals surface area contributed by atoms with Gasteiger partial charge in [-0.1, -0.05) is 45.4 Å². The smallest absolute Gasteiger partial charge is 0.214 e. The molecule has 0 aromatic rings. The quantitative estimate of drug-likeness (QED) is 0.561. The van der Waals surface area contributed by atoms with Crippen LogP contribution >= 0.6 is 0 Å². The van der Waals surface area contributed by atoms with Crippen molar-refractivity contribution < 1.29 is 8.42 Å². The van der Waals surface area contributed by atoms with E-state index < -0.39 is 15.3 Å². The zero-order chi connectivity index (χ0) is 15.3. The largest absolute Gasteiger partial charge is 0.227 e. The minimum Gasteiger partial charge on any atom is -0.214 e. The molecule has 0 aliphatic rings. The molecule has 0 fully saturated rings. The highest BCUT2D eigenvalue weighted by molar-refractivity contribution is 7.90. The summed E-state index contributed by atoms with van der Waals surface area (Å²) >= 11 is 0. The molecule has 0 aromatic heterocycles. The molecule has 6 heteroatoms. The van der Waals surface area contributed by atoms with Crippen LogP contribution in [0.15, 0.2) is 0 Å². The van der Waals surface area contributed by atoms with Crippen LogP contribution in [-0.4, -0.2) is 20.2 Å². The van der Waals surface area contributed by atoms with Gasteiger partial charge in [-0.2, -0.15) is 10.5 Å². The van der Waals surface area contributed by atoms with E-state index in [1.54, 1.807) is 0 Å². The number of unbranched alkanes of at least 4 members (excludes halogenated alkanes) is 6. The summed E-state index contributed by atoms with van der Waals surface area (Å²) in [5.74, 6) is 0. The Hall–Kier alpha value is -1.11. The van der Waals surface area contributed by atoms with Gasteiger partial charge in [-0.25, -0.2) is 13.1 Å². The molecule has 0 aliphatic carbocycles. The minimum absolute atomic E-state index is 0.227. The van der Waals surface area contributed by atoms with Crippen molar-refractivity contribution >= 4 is 10.0 Å². The zero-order valence-corrected chi connectivity index (χ0v) is 13.1. The van der Waals surface area contributed by atoms with E-state index in [1.807, 2.05) is 12.1 Å². The molecular weight excluding hydrogens is 274 g/mol. The molecule has 0 saturated carbocycles. The third kappa shape index (κ3) is 8.90. The monoisotopic (exact) mass is 299 g/mol. The van der Waals surface area contributed by atoms with Crippen molar-refractivity contribution in [2.24, 2.45) is 0 Å². The first-order chi connectivity index (χ1) is 9.58. The Labute approximate surface area is 123 Å². The van der Waals surface area contributed by atoms with Gasteiger partial charge >= 0.3 is 0 Å².